The Balaban J connectivity index is 1.17. The highest BCUT2D eigenvalue weighted by atomic mass is 17.2. The molecule has 0 N–H and O–H groups in total. The summed E-state index contributed by atoms with van der Waals surface area (Å²) in [5.41, 5.74) is -0.302. The summed E-state index contributed by atoms with van der Waals surface area (Å²) in [6, 6.07) is 0. The van der Waals surface area contributed by atoms with Crippen LogP contribution in [0, 0.1) is 40.9 Å². The molecule has 8 fully saturated rings. The molecule has 0 aromatic carbocycles. The van der Waals surface area contributed by atoms with Crippen LogP contribution in [0.5, 0.6) is 0 Å². The highest BCUT2D eigenvalue weighted by Crippen LogP contribution is 2.61. The second-order valence-corrected chi connectivity index (χ2v) is 10.8. The number of carbonyl (C=O) groups is 1. The minimum atomic E-state index is -0.183. The molecule has 0 spiro atoms. The molecule has 8 bridgehead atoms. The van der Waals surface area contributed by atoms with E-state index >= 15 is 0 Å². The Morgan fingerprint density at radius 3 is 1.42 bits per heavy atom. The van der Waals surface area contributed by atoms with Crippen molar-refractivity contribution in [2.75, 3.05) is 0 Å². The fourth-order valence-electron chi connectivity index (χ4n) is 8.71. The van der Waals surface area contributed by atoms with Crippen molar-refractivity contribution >= 4 is 5.97 Å². The first-order valence-corrected chi connectivity index (χ1v) is 10.5. The Hall–Kier alpha value is -0.570. The highest BCUT2D eigenvalue weighted by molar-refractivity contribution is 5.77. The molecule has 0 aliphatic heterocycles. The first-order valence-electron chi connectivity index (χ1n) is 10.5. The maximum Gasteiger partial charge on any atom is 0.348 e. The molecule has 0 radical (unpaired) electrons. The molecule has 0 aromatic heterocycles. The van der Waals surface area contributed by atoms with E-state index in [2.05, 4.69) is 0 Å². The molecule has 0 aromatic rings. The predicted octanol–water partition coefficient (Wildman–Crippen LogP) is 4.65. The number of hydrogen-bond acceptors (Lipinski definition) is 3. The van der Waals surface area contributed by atoms with Crippen molar-refractivity contribution in [1.82, 2.24) is 0 Å². The van der Waals surface area contributed by atoms with Gasteiger partial charge in [-0.1, -0.05) is 0 Å². The molecule has 8 saturated carbocycles. The summed E-state index contributed by atoms with van der Waals surface area (Å²) in [5, 5.41) is 0. The van der Waals surface area contributed by atoms with Gasteiger partial charge in [-0.3, -0.25) is 4.89 Å². The van der Waals surface area contributed by atoms with Crippen LogP contribution in [0.3, 0.4) is 0 Å². The molecule has 8 aliphatic carbocycles. The van der Waals surface area contributed by atoms with Crippen molar-refractivity contribution in [3.05, 3.63) is 0 Å². The molecule has 0 heterocycles. The van der Waals surface area contributed by atoms with Gasteiger partial charge in [0.15, 0.2) is 0 Å². The third-order valence-corrected chi connectivity index (χ3v) is 8.75. The number of rotatable bonds is 3. The average Bonchev–Trinajstić information content (AvgIpc) is 2.50. The van der Waals surface area contributed by atoms with E-state index in [1.54, 1.807) is 0 Å². The van der Waals surface area contributed by atoms with Gasteiger partial charge in [-0.05, 0) is 113 Å². The van der Waals surface area contributed by atoms with Gasteiger partial charge in [0.1, 0.15) is 5.60 Å². The molecule has 0 saturated heterocycles. The third-order valence-electron chi connectivity index (χ3n) is 8.75. The van der Waals surface area contributed by atoms with Gasteiger partial charge in [0.25, 0.3) is 0 Å². The quantitative estimate of drug-likeness (QED) is 0.558. The monoisotopic (exact) mass is 330 g/mol. The first kappa shape index (κ1) is 14.6. The third kappa shape index (κ3) is 2.09. The van der Waals surface area contributed by atoms with Gasteiger partial charge in [0, 0.05) is 0 Å². The lowest BCUT2D eigenvalue weighted by molar-refractivity contribution is -0.367. The van der Waals surface area contributed by atoms with Crippen molar-refractivity contribution in [3.63, 3.8) is 0 Å². The van der Waals surface area contributed by atoms with Crippen LogP contribution in [0.25, 0.3) is 0 Å². The van der Waals surface area contributed by atoms with Gasteiger partial charge in [-0.2, -0.15) is 4.89 Å². The van der Waals surface area contributed by atoms with Crippen LogP contribution >= 0.6 is 0 Å². The summed E-state index contributed by atoms with van der Waals surface area (Å²) in [5.74, 6) is 4.82. The zero-order valence-corrected chi connectivity index (χ0v) is 14.7. The lowest BCUT2D eigenvalue weighted by Gasteiger charge is -2.56. The Morgan fingerprint density at radius 2 is 1.00 bits per heavy atom. The van der Waals surface area contributed by atoms with Crippen LogP contribution in [0.4, 0.5) is 0 Å². The van der Waals surface area contributed by atoms with E-state index in [0.717, 1.165) is 74.0 Å². The lowest BCUT2D eigenvalue weighted by Crippen LogP contribution is -2.54. The van der Waals surface area contributed by atoms with Gasteiger partial charge in [0.05, 0.1) is 5.41 Å². The van der Waals surface area contributed by atoms with Crippen molar-refractivity contribution in [2.45, 2.75) is 82.7 Å². The fourth-order valence-corrected chi connectivity index (χ4v) is 8.71. The SMILES string of the molecule is O=C(OOC12CC3CC(CC(C3)C1)C2)C12CC3CC(CC(C3)C1)C2. The fraction of sp³-hybridized carbons (Fsp3) is 0.952. The van der Waals surface area contributed by atoms with Gasteiger partial charge < -0.3 is 0 Å². The van der Waals surface area contributed by atoms with E-state index < -0.39 is 0 Å². The largest absolute Gasteiger partial charge is 0.348 e. The van der Waals surface area contributed by atoms with Crippen molar-refractivity contribution < 1.29 is 14.6 Å². The zero-order chi connectivity index (χ0) is 15.9. The summed E-state index contributed by atoms with van der Waals surface area (Å²) in [7, 11) is 0. The van der Waals surface area contributed by atoms with Crippen LogP contribution in [0.15, 0.2) is 0 Å². The predicted molar refractivity (Wildman–Crippen MR) is 88.7 cm³/mol. The van der Waals surface area contributed by atoms with Gasteiger partial charge in [-0.15, -0.1) is 0 Å². The second-order valence-electron chi connectivity index (χ2n) is 10.8. The summed E-state index contributed by atoms with van der Waals surface area (Å²) < 4.78 is 0. The summed E-state index contributed by atoms with van der Waals surface area (Å²) in [6.07, 6.45) is 14.9. The minimum Gasteiger partial charge on any atom is -0.297 e. The lowest BCUT2D eigenvalue weighted by atomic mass is 9.49. The number of hydrogen-bond donors (Lipinski definition) is 0. The minimum absolute atomic E-state index is 0.00246. The molecule has 3 heteroatoms. The smallest absolute Gasteiger partial charge is 0.297 e. The summed E-state index contributed by atoms with van der Waals surface area (Å²) in [4.78, 5) is 24.8. The highest BCUT2D eigenvalue weighted by Gasteiger charge is 2.57. The molecule has 0 amide bonds. The molecule has 0 unspecified atom stereocenters. The van der Waals surface area contributed by atoms with Crippen molar-refractivity contribution in [2.24, 2.45) is 40.9 Å². The van der Waals surface area contributed by atoms with E-state index in [9.17, 15) is 4.79 Å². The van der Waals surface area contributed by atoms with Crippen LogP contribution in [-0.2, 0) is 14.6 Å². The number of carbonyl (C=O) groups excluding carboxylic acids is 1. The van der Waals surface area contributed by atoms with Gasteiger partial charge in [0.2, 0.25) is 0 Å². The molecule has 8 rings (SSSR count). The van der Waals surface area contributed by atoms with Gasteiger partial charge in [-0.25, -0.2) is 4.79 Å². The zero-order valence-electron chi connectivity index (χ0n) is 14.7. The van der Waals surface area contributed by atoms with E-state index in [4.69, 9.17) is 9.78 Å². The molecule has 24 heavy (non-hydrogen) atoms. The maximum atomic E-state index is 13.0. The van der Waals surface area contributed by atoms with Crippen molar-refractivity contribution in [3.8, 4) is 0 Å². The normalized spacial score (nSPS) is 56.7. The standard InChI is InChI=1S/C21H30O3/c22-19(20-7-13-1-14(8-20)3-15(2-13)9-20)23-24-21-10-16-4-17(11-21)6-18(5-16)12-21/h13-18H,1-12H2. The Kier molecular flexibility index (Phi) is 2.90. The van der Waals surface area contributed by atoms with E-state index in [1.807, 2.05) is 0 Å². The van der Waals surface area contributed by atoms with Crippen LogP contribution in [0.1, 0.15) is 77.0 Å². The van der Waals surface area contributed by atoms with E-state index in [1.165, 1.54) is 38.5 Å². The Morgan fingerprint density at radius 1 is 0.625 bits per heavy atom. The van der Waals surface area contributed by atoms with Crippen molar-refractivity contribution in [1.29, 1.82) is 0 Å². The summed E-state index contributed by atoms with van der Waals surface area (Å²) in [6.45, 7) is 0. The average molecular weight is 330 g/mol. The Labute approximate surface area is 144 Å². The molecular formula is C21H30O3. The molecule has 3 nitrogen and oxygen atoms in total. The maximum absolute atomic E-state index is 13.0. The molecule has 132 valence electrons. The molecule has 8 aliphatic rings. The first-order chi connectivity index (χ1) is 11.6. The Bertz CT molecular complexity index is 495. The van der Waals surface area contributed by atoms with Gasteiger partial charge >= 0.3 is 5.97 Å². The van der Waals surface area contributed by atoms with E-state index in [0.29, 0.717) is 0 Å². The summed E-state index contributed by atoms with van der Waals surface area (Å²) >= 11 is 0. The topological polar surface area (TPSA) is 35.5 Å². The molecular weight excluding hydrogens is 300 g/mol. The van der Waals surface area contributed by atoms with Crippen LogP contribution in [-0.4, -0.2) is 11.6 Å². The second kappa shape index (κ2) is 4.78. The van der Waals surface area contributed by atoms with E-state index in [-0.39, 0.29) is 17.0 Å². The van der Waals surface area contributed by atoms with Crippen LogP contribution in [0.2, 0.25) is 0 Å². The van der Waals surface area contributed by atoms with Crippen LogP contribution < -0.4 is 0 Å². The molecule has 0 atom stereocenters.